The zero-order valence-corrected chi connectivity index (χ0v) is 30.5. The molecule has 0 fully saturated rings. The van der Waals surface area contributed by atoms with Crippen LogP contribution >= 0.6 is 0 Å². The molecule has 41 heavy (non-hydrogen) atoms. The van der Waals surface area contributed by atoms with Crippen LogP contribution in [0.1, 0.15) is 31.7 Å². The number of anilines is 1. The maximum atomic E-state index is 11.1. The van der Waals surface area contributed by atoms with Gasteiger partial charge in [0.15, 0.2) is 5.75 Å². The van der Waals surface area contributed by atoms with E-state index in [4.69, 9.17) is 10.5 Å². The van der Waals surface area contributed by atoms with Crippen molar-refractivity contribution < 1.29 is 91.3 Å². The van der Waals surface area contributed by atoms with E-state index in [-0.39, 0.29) is 80.0 Å². The molecule has 0 amide bonds. The average molecular weight is 789 g/mol. The van der Waals surface area contributed by atoms with Gasteiger partial charge in [-0.15, -0.1) is 5.69 Å². The fourth-order valence-corrected chi connectivity index (χ4v) is 4.98. The summed E-state index contributed by atoms with van der Waals surface area (Å²) < 4.78 is 39.3. The summed E-state index contributed by atoms with van der Waals surface area (Å²) in [5, 5.41) is 19.4. The molecule has 0 bridgehead atoms. The SMILES string of the molecule is C/C(C#N)=C(/C(C#N)=C/C=C1C=C(/C=C2\Oc3ccccc3N2CCCS(=O)(=O)[O-])CC/1)c1ccc([NH-])cc1.[Ac].[Na+]. The zero-order chi connectivity index (χ0) is 28.0. The van der Waals surface area contributed by atoms with Crippen LogP contribution in [0.15, 0.2) is 101 Å². The molecule has 1 aliphatic carbocycles. The van der Waals surface area contributed by atoms with Gasteiger partial charge in [-0.25, -0.2) is 8.42 Å². The molecule has 1 aliphatic heterocycles. The molecule has 0 saturated carbocycles. The van der Waals surface area contributed by atoms with Crippen molar-refractivity contribution in [3.05, 3.63) is 112 Å². The molecular formula is C30H26AcN4NaO4S-. The number of hydrogen-bond acceptors (Lipinski definition) is 7. The summed E-state index contributed by atoms with van der Waals surface area (Å²) in [5.41, 5.74) is 12.9. The maximum absolute atomic E-state index is 11.1. The summed E-state index contributed by atoms with van der Waals surface area (Å²) in [5.74, 6) is 0.778. The van der Waals surface area contributed by atoms with Gasteiger partial charge in [-0.3, -0.25) is 0 Å². The second kappa shape index (κ2) is 15.9. The minimum Gasteiger partial charge on any atom is -0.748 e. The Morgan fingerprint density at radius 2 is 1.83 bits per heavy atom. The number of nitriles is 2. The minimum atomic E-state index is -4.30. The topological polar surface area (TPSA) is 141 Å². The quantitative estimate of drug-likeness (QED) is 0.173. The standard InChI is InChI=1S/C30H27N4O4S.Ac.Na/c1-21(19-31)30(24-11-13-26(33)14-12-24)25(20-32)10-9-22-7-8-23(17-22)18-29-34(15-4-16-39(35,36)37)27-5-2-3-6-28(27)38-29;;/h2-3,5-6,9-14,17-18,33H,4,7-8,15-16H2,1H3,(H,35,36,37);;/q-1;;+1/p-1/b22-9+,25-10+,29-18-,30-21-;;. The van der Waals surface area contributed by atoms with Gasteiger partial charge in [-0.1, -0.05) is 48.6 Å². The van der Waals surface area contributed by atoms with Crippen molar-refractivity contribution in [2.24, 2.45) is 0 Å². The van der Waals surface area contributed by atoms with Crippen LogP contribution in [-0.4, -0.2) is 25.3 Å². The first kappa shape index (κ1) is 35.1. The van der Waals surface area contributed by atoms with E-state index in [1.807, 2.05) is 47.4 Å². The Kier molecular flexibility index (Phi) is 13.6. The van der Waals surface area contributed by atoms with E-state index < -0.39 is 15.9 Å². The van der Waals surface area contributed by atoms with E-state index in [2.05, 4.69) is 12.1 Å². The van der Waals surface area contributed by atoms with E-state index >= 15 is 0 Å². The Morgan fingerprint density at radius 3 is 2.49 bits per heavy atom. The van der Waals surface area contributed by atoms with E-state index in [0.29, 0.717) is 46.1 Å². The first-order valence-corrected chi connectivity index (χ1v) is 13.9. The number of hydrogen-bond donors (Lipinski definition) is 0. The molecule has 4 rings (SSSR count). The van der Waals surface area contributed by atoms with Crippen LogP contribution in [0.25, 0.3) is 11.3 Å². The molecule has 201 valence electrons. The van der Waals surface area contributed by atoms with Gasteiger partial charge >= 0.3 is 29.6 Å². The van der Waals surface area contributed by atoms with Crippen molar-refractivity contribution in [2.75, 3.05) is 17.2 Å². The summed E-state index contributed by atoms with van der Waals surface area (Å²) in [6.45, 7) is 1.99. The Labute approximate surface area is 299 Å². The number of ether oxygens (including phenoxy) is 1. The number of benzene rings is 2. The molecule has 0 unspecified atom stereocenters. The minimum absolute atomic E-state index is 0. The molecule has 0 aromatic heterocycles. The molecule has 2 aromatic rings. The average Bonchev–Trinajstić information content (AvgIpc) is 3.50. The fourth-order valence-electron chi connectivity index (χ4n) is 4.50. The number of fused-ring (bicyclic) bond motifs is 1. The zero-order valence-electron chi connectivity index (χ0n) is 22.9. The van der Waals surface area contributed by atoms with Crippen molar-refractivity contribution in [2.45, 2.75) is 26.2 Å². The van der Waals surface area contributed by atoms with Crippen LogP contribution in [0.5, 0.6) is 5.75 Å². The second-order valence-electron chi connectivity index (χ2n) is 9.16. The number of para-hydroxylation sites is 2. The maximum Gasteiger partial charge on any atom is 1.00 e. The van der Waals surface area contributed by atoms with E-state index in [1.54, 1.807) is 37.3 Å². The van der Waals surface area contributed by atoms with Gasteiger partial charge in [-0.2, -0.15) is 10.5 Å². The molecule has 1 N–H and O–H groups in total. The Morgan fingerprint density at radius 1 is 1.12 bits per heavy atom. The van der Waals surface area contributed by atoms with E-state index in [0.717, 1.165) is 29.7 Å². The fraction of sp³-hybridized carbons (Fsp3) is 0.200. The molecule has 11 heteroatoms. The molecule has 0 spiro atoms. The number of allylic oxidation sites excluding steroid dienone is 9. The molecule has 1 radical (unpaired) electrons. The van der Waals surface area contributed by atoms with Gasteiger partial charge in [0.1, 0.15) is 0 Å². The van der Waals surface area contributed by atoms with Crippen molar-refractivity contribution in [3.63, 3.8) is 0 Å². The molecule has 8 nitrogen and oxygen atoms in total. The Hall–Kier alpha value is -2.13. The molecule has 2 aliphatic rings. The number of nitrogens with one attached hydrogen (secondary N) is 1. The van der Waals surface area contributed by atoms with Crippen molar-refractivity contribution >= 4 is 27.1 Å². The van der Waals surface area contributed by atoms with Gasteiger partial charge in [0.05, 0.1) is 33.5 Å². The van der Waals surface area contributed by atoms with Gasteiger partial charge < -0.3 is 19.9 Å². The van der Waals surface area contributed by atoms with Gasteiger partial charge in [0.25, 0.3) is 0 Å². The van der Waals surface area contributed by atoms with Crippen molar-refractivity contribution in [1.82, 2.24) is 0 Å². The van der Waals surface area contributed by atoms with Crippen molar-refractivity contribution in [3.8, 4) is 17.9 Å². The largest absolute Gasteiger partial charge is 1.00 e. The molecular weight excluding hydrogens is 762 g/mol. The summed E-state index contributed by atoms with van der Waals surface area (Å²) in [6.07, 6.45) is 9.18. The third-order valence-corrected chi connectivity index (χ3v) is 7.15. The van der Waals surface area contributed by atoms with Gasteiger partial charge in [0, 0.05) is 73.6 Å². The molecule has 0 saturated heterocycles. The van der Waals surface area contributed by atoms with Crippen LogP contribution in [0, 0.1) is 66.7 Å². The van der Waals surface area contributed by atoms with Gasteiger partial charge in [-0.05, 0) is 61.1 Å². The predicted octanol–water partition coefficient (Wildman–Crippen LogP) is 3.44. The molecule has 1 heterocycles. The van der Waals surface area contributed by atoms with Crippen molar-refractivity contribution in [1.29, 1.82) is 10.5 Å². The third kappa shape index (κ3) is 9.43. The normalized spacial score (nSPS) is 16.9. The first-order valence-electron chi connectivity index (χ1n) is 12.3. The summed E-state index contributed by atoms with van der Waals surface area (Å²) in [6, 6.07) is 18.5. The number of rotatable bonds is 8. The predicted molar refractivity (Wildman–Crippen MR) is 149 cm³/mol. The summed E-state index contributed by atoms with van der Waals surface area (Å²) in [7, 11) is -4.30. The van der Waals surface area contributed by atoms with E-state index in [9.17, 15) is 23.5 Å². The van der Waals surface area contributed by atoms with Crippen LogP contribution in [0.2, 0.25) is 0 Å². The van der Waals surface area contributed by atoms with Crippen LogP contribution in [0.3, 0.4) is 0 Å². The van der Waals surface area contributed by atoms with Crippen LogP contribution < -0.4 is 39.2 Å². The Balaban J connectivity index is 0.00000294. The second-order valence-corrected chi connectivity index (χ2v) is 10.7. The monoisotopic (exact) mass is 788 g/mol. The Bertz CT molecular complexity index is 1630. The summed E-state index contributed by atoms with van der Waals surface area (Å²) in [4.78, 5) is 1.88. The van der Waals surface area contributed by atoms with Crippen LogP contribution in [0.4, 0.5) is 11.4 Å². The smallest absolute Gasteiger partial charge is 0.748 e. The van der Waals surface area contributed by atoms with E-state index in [1.165, 1.54) is 0 Å². The van der Waals surface area contributed by atoms with Gasteiger partial charge in [0.2, 0.25) is 5.88 Å². The molecule has 2 aromatic carbocycles. The first-order chi connectivity index (χ1) is 18.7. The van der Waals surface area contributed by atoms with Crippen LogP contribution in [-0.2, 0) is 10.1 Å². The molecule has 0 atom stereocenters. The summed E-state index contributed by atoms with van der Waals surface area (Å²) >= 11 is 0. The number of nitrogens with zero attached hydrogens (tertiary/aromatic N) is 3. The third-order valence-electron chi connectivity index (χ3n) is 6.36.